The molecule has 0 fully saturated rings. The van der Waals surface area contributed by atoms with E-state index < -0.39 is 0 Å². The third-order valence-corrected chi connectivity index (χ3v) is 4.89. The standard InChI is InChI=1S/C18H25N5/c1-5-21-14-7-6-11-8-12-9-13(10(2)19)16(20)23-17(12)22-15(11)18(14,3)4/h8-9,14,21H,2,5-7,19H2,1,3-4H3,(H2,20,22,23). The van der Waals surface area contributed by atoms with Gasteiger partial charge in [0.25, 0.3) is 0 Å². The number of nitrogen functional groups attached to an aromatic ring is 1. The van der Waals surface area contributed by atoms with Crippen LogP contribution in [0.15, 0.2) is 18.7 Å². The predicted molar refractivity (Wildman–Crippen MR) is 96.0 cm³/mol. The van der Waals surface area contributed by atoms with Crippen molar-refractivity contribution in [2.24, 2.45) is 5.73 Å². The summed E-state index contributed by atoms with van der Waals surface area (Å²) < 4.78 is 0. The minimum Gasteiger partial charge on any atom is -0.399 e. The lowest BCUT2D eigenvalue weighted by atomic mass is 9.72. The number of rotatable bonds is 3. The van der Waals surface area contributed by atoms with Crippen LogP contribution in [0.2, 0.25) is 0 Å². The minimum absolute atomic E-state index is 0.0373. The lowest BCUT2D eigenvalue weighted by molar-refractivity contribution is 0.301. The first kappa shape index (κ1) is 15.7. The van der Waals surface area contributed by atoms with E-state index in [1.165, 1.54) is 5.56 Å². The third-order valence-electron chi connectivity index (χ3n) is 4.89. The lowest BCUT2D eigenvalue weighted by Crippen LogP contribution is -2.48. The monoisotopic (exact) mass is 311 g/mol. The molecule has 5 nitrogen and oxygen atoms in total. The van der Waals surface area contributed by atoms with Gasteiger partial charge in [0.15, 0.2) is 5.65 Å². The summed E-state index contributed by atoms with van der Waals surface area (Å²) in [6.07, 6.45) is 2.13. The number of hydrogen-bond donors (Lipinski definition) is 3. The van der Waals surface area contributed by atoms with Gasteiger partial charge < -0.3 is 16.8 Å². The zero-order valence-electron chi connectivity index (χ0n) is 14.1. The number of likely N-dealkylation sites (N-methyl/N-ethyl adjacent to an activating group) is 1. The highest BCUT2D eigenvalue weighted by Gasteiger charge is 2.37. The van der Waals surface area contributed by atoms with E-state index in [0.717, 1.165) is 30.5 Å². The summed E-state index contributed by atoms with van der Waals surface area (Å²) in [5.74, 6) is 0.384. The van der Waals surface area contributed by atoms with Crippen LogP contribution in [0.3, 0.4) is 0 Å². The Balaban J connectivity index is 2.17. The number of hydrogen-bond acceptors (Lipinski definition) is 5. The van der Waals surface area contributed by atoms with Gasteiger partial charge in [-0.3, -0.25) is 0 Å². The molecule has 0 amide bonds. The molecule has 0 saturated heterocycles. The Morgan fingerprint density at radius 1 is 1.39 bits per heavy atom. The van der Waals surface area contributed by atoms with Gasteiger partial charge in [0.1, 0.15) is 5.82 Å². The summed E-state index contributed by atoms with van der Waals surface area (Å²) in [6, 6.07) is 4.54. The van der Waals surface area contributed by atoms with Crippen LogP contribution in [-0.2, 0) is 11.8 Å². The van der Waals surface area contributed by atoms with E-state index >= 15 is 0 Å². The van der Waals surface area contributed by atoms with Crippen LogP contribution in [0.5, 0.6) is 0 Å². The van der Waals surface area contributed by atoms with E-state index in [-0.39, 0.29) is 5.41 Å². The quantitative estimate of drug-likeness (QED) is 0.809. The van der Waals surface area contributed by atoms with Gasteiger partial charge in [0, 0.05) is 28.1 Å². The summed E-state index contributed by atoms with van der Waals surface area (Å²) in [4.78, 5) is 9.31. The summed E-state index contributed by atoms with van der Waals surface area (Å²) in [6.45, 7) is 11.4. The molecule has 122 valence electrons. The van der Waals surface area contributed by atoms with E-state index in [9.17, 15) is 0 Å². The largest absolute Gasteiger partial charge is 0.399 e. The topological polar surface area (TPSA) is 89.8 Å². The van der Waals surface area contributed by atoms with Gasteiger partial charge in [-0.1, -0.05) is 27.4 Å². The van der Waals surface area contributed by atoms with Crippen LogP contribution in [0, 0.1) is 0 Å². The number of pyridine rings is 2. The van der Waals surface area contributed by atoms with Crippen molar-refractivity contribution in [3.8, 4) is 0 Å². The molecule has 1 unspecified atom stereocenters. The Hall–Kier alpha value is -2.14. The maximum Gasteiger partial charge on any atom is 0.161 e. The summed E-state index contributed by atoms with van der Waals surface area (Å²) in [5, 5.41) is 4.56. The Morgan fingerprint density at radius 3 is 2.78 bits per heavy atom. The molecule has 3 rings (SSSR count). The molecular formula is C18H25N5. The third kappa shape index (κ3) is 2.55. The molecule has 0 bridgehead atoms. The van der Waals surface area contributed by atoms with Crippen LogP contribution < -0.4 is 16.8 Å². The predicted octanol–water partition coefficient (Wildman–Crippen LogP) is 2.34. The zero-order chi connectivity index (χ0) is 16.8. The van der Waals surface area contributed by atoms with Gasteiger partial charge in [-0.05, 0) is 37.1 Å². The number of aromatic nitrogens is 2. The SMILES string of the molecule is C=C(N)c1cc2cc3c(nc2nc1N)C(C)(C)C(NCC)CC3. The molecule has 0 spiro atoms. The molecule has 1 aliphatic carbocycles. The van der Waals surface area contributed by atoms with E-state index in [1.807, 2.05) is 6.07 Å². The van der Waals surface area contributed by atoms with Crippen molar-refractivity contribution in [2.75, 3.05) is 12.3 Å². The second-order valence-electron chi connectivity index (χ2n) is 6.86. The van der Waals surface area contributed by atoms with Crippen LogP contribution in [-0.4, -0.2) is 22.6 Å². The fourth-order valence-corrected chi connectivity index (χ4v) is 3.60. The zero-order valence-corrected chi connectivity index (χ0v) is 14.1. The van der Waals surface area contributed by atoms with Gasteiger partial charge in [-0.2, -0.15) is 0 Å². The summed E-state index contributed by atoms with van der Waals surface area (Å²) in [7, 11) is 0. The van der Waals surface area contributed by atoms with Crippen molar-refractivity contribution in [1.82, 2.24) is 15.3 Å². The van der Waals surface area contributed by atoms with Gasteiger partial charge in [-0.25, -0.2) is 9.97 Å². The summed E-state index contributed by atoms with van der Waals surface area (Å²) >= 11 is 0. The average molecular weight is 311 g/mol. The number of nitrogens with two attached hydrogens (primary N) is 2. The highest BCUT2D eigenvalue weighted by Crippen LogP contribution is 2.37. The molecule has 1 atom stereocenters. The molecule has 2 aromatic heterocycles. The lowest BCUT2D eigenvalue weighted by Gasteiger charge is -2.40. The first-order valence-electron chi connectivity index (χ1n) is 8.13. The Kier molecular flexibility index (Phi) is 3.76. The molecule has 2 aromatic rings. The molecule has 5 heteroatoms. The van der Waals surface area contributed by atoms with Crippen molar-refractivity contribution < 1.29 is 0 Å². The fraction of sp³-hybridized carbons (Fsp3) is 0.444. The van der Waals surface area contributed by atoms with Crippen molar-refractivity contribution in [3.63, 3.8) is 0 Å². The average Bonchev–Trinajstić information content (AvgIpc) is 2.48. The molecule has 23 heavy (non-hydrogen) atoms. The number of aryl methyl sites for hydroxylation is 1. The van der Waals surface area contributed by atoms with Crippen LogP contribution in [0.4, 0.5) is 5.82 Å². The second-order valence-corrected chi connectivity index (χ2v) is 6.86. The molecule has 0 radical (unpaired) electrons. The first-order chi connectivity index (χ1) is 10.8. The van der Waals surface area contributed by atoms with Gasteiger partial charge in [-0.15, -0.1) is 0 Å². The van der Waals surface area contributed by atoms with Crippen molar-refractivity contribution >= 4 is 22.5 Å². The van der Waals surface area contributed by atoms with Crippen molar-refractivity contribution in [2.45, 2.75) is 45.1 Å². The number of fused-ring (bicyclic) bond motifs is 2. The van der Waals surface area contributed by atoms with E-state index in [2.05, 4.69) is 43.7 Å². The second kappa shape index (κ2) is 5.49. The van der Waals surface area contributed by atoms with E-state index in [4.69, 9.17) is 16.5 Å². The van der Waals surface area contributed by atoms with Crippen LogP contribution in [0.1, 0.15) is 44.0 Å². The molecule has 2 heterocycles. The molecule has 0 saturated carbocycles. The smallest absolute Gasteiger partial charge is 0.161 e. The normalized spacial score (nSPS) is 19.5. The molecule has 0 aliphatic heterocycles. The molecule has 0 aromatic carbocycles. The molecular weight excluding hydrogens is 286 g/mol. The van der Waals surface area contributed by atoms with Crippen molar-refractivity contribution in [3.05, 3.63) is 35.5 Å². The first-order valence-corrected chi connectivity index (χ1v) is 8.13. The Morgan fingerprint density at radius 2 is 2.13 bits per heavy atom. The molecule has 1 aliphatic rings. The minimum atomic E-state index is -0.0373. The van der Waals surface area contributed by atoms with Crippen LogP contribution >= 0.6 is 0 Å². The number of nitrogens with one attached hydrogen (secondary N) is 1. The maximum absolute atomic E-state index is 6.00. The highest BCUT2D eigenvalue weighted by molar-refractivity contribution is 5.84. The van der Waals surface area contributed by atoms with Gasteiger partial charge >= 0.3 is 0 Å². The maximum atomic E-state index is 6.00. The van der Waals surface area contributed by atoms with E-state index in [1.54, 1.807) is 0 Å². The fourth-order valence-electron chi connectivity index (χ4n) is 3.60. The molecule has 5 N–H and O–H groups in total. The van der Waals surface area contributed by atoms with E-state index in [0.29, 0.717) is 28.8 Å². The van der Waals surface area contributed by atoms with Gasteiger partial charge in [0.2, 0.25) is 0 Å². The highest BCUT2D eigenvalue weighted by atomic mass is 15.0. The van der Waals surface area contributed by atoms with Crippen molar-refractivity contribution in [1.29, 1.82) is 0 Å². The van der Waals surface area contributed by atoms with Crippen LogP contribution in [0.25, 0.3) is 16.7 Å². The number of anilines is 1. The Labute approximate surface area is 137 Å². The van der Waals surface area contributed by atoms with Gasteiger partial charge in [0.05, 0.1) is 5.69 Å². The number of nitrogens with zero attached hydrogens (tertiary/aromatic N) is 2. The Bertz CT molecular complexity index is 779. The summed E-state index contributed by atoms with van der Waals surface area (Å²) in [5.41, 5.74) is 16.0.